The molecule has 0 aliphatic carbocycles. The van der Waals surface area contributed by atoms with Crippen LogP contribution in [-0.4, -0.2) is 57.3 Å². The number of hydrogen-bond donors (Lipinski definition) is 2. The summed E-state index contributed by atoms with van der Waals surface area (Å²) in [5.74, 6) is 0.737. The Morgan fingerprint density at radius 2 is 2.18 bits per heavy atom. The van der Waals surface area contributed by atoms with Crippen LogP contribution in [0.3, 0.4) is 0 Å². The first-order valence-corrected chi connectivity index (χ1v) is 7.24. The van der Waals surface area contributed by atoms with Crippen molar-refractivity contribution in [2.24, 2.45) is 0 Å². The summed E-state index contributed by atoms with van der Waals surface area (Å²) in [5.41, 5.74) is 0.872. The number of aromatic amines is 2. The van der Waals surface area contributed by atoms with E-state index in [-0.39, 0.29) is 17.5 Å². The van der Waals surface area contributed by atoms with Gasteiger partial charge in [0, 0.05) is 49.4 Å². The van der Waals surface area contributed by atoms with E-state index in [1.807, 2.05) is 7.05 Å². The Balaban J connectivity index is 1.82. The lowest BCUT2D eigenvalue weighted by atomic mass is 10.1. The van der Waals surface area contributed by atoms with E-state index in [9.17, 15) is 9.59 Å². The largest absolute Gasteiger partial charge is 0.347 e. The van der Waals surface area contributed by atoms with E-state index in [1.54, 1.807) is 30.3 Å². The van der Waals surface area contributed by atoms with Gasteiger partial charge in [-0.3, -0.25) is 14.5 Å². The molecule has 0 spiro atoms. The third-order valence-electron chi connectivity index (χ3n) is 4.00. The maximum atomic E-state index is 12.7. The van der Waals surface area contributed by atoms with Gasteiger partial charge in [0.05, 0.1) is 6.04 Å². The van der Waals surface area contributed by atoms with E-state index < -0.39 is 0 Å². The highest BCUT2D eigenvalue weighted by Gasteiger charge is 2.30. The summed E-state index contributed by atoms with van der Waals surface area (Å²) in [4.78, 5) is 38.2. The van der Waals surface area contributed by atoms with Crippen LogP contribution in [0.4, 0.5) is 0 Å². The number of aryl methyl sites for hydroxylation is 1. The first-order valence-electron chi connectivity index (χ1n) is 7.24. The lowest BCUT2D eigenvalue weighted by Gasteiger charge is -2.38. The number of rotatable bonds is 2. The van der Waals surface area contributed by atoms with E-state index in [0.29, 0.717) is 24.3 Å². The van der Waals surface area contributed by atoms with Gasteiger partial charge in [0.25, 0.3) is 5.91 Å². The molecule has 0 bridgehead atoms. The predicted molar refractivity (Wildman–Crippen MR) is 81.7 cm³/mol. The van der Waals surface area contributed by atoms with Crippen LogP contribution in [-0.2, 0) is 0 Å². The average molecular weight is 301 g/mol. The van der Waals surface area contributed by atoms with Crippen molar-refractivity contribution < 1.29 is 4.79 Å². The summed E-state index contributed by atoms with van der Waals surface area (Å²) in [7, 11) is 2.02. The minimum atomic E-state index is -0.250. The molecule has 1 aliphatic rings. The fraction of sp³-hybridized carbons (Fsp3) is 0.400. The van der Waals surface area contributed by atoms with Crippen LogP contribution in [0.5, 0.6) is 0 Å². The first kappa shape index (κ1) is 14.5. The van der Waals surface area contributed by atoms with Crippen molar-refractivity contribution >= 4 is 5.91 Å². The van der Waals surface area contributed by atoms with Gasteiger partial charge < -0.3 is 14.9 Å². The number of imidazole rings is 1. The van der Waals surface area contributed by atoms with Gasteiger partial charge in [-0.25, -0.2) is 4.98 Å². The molecule has 1 atom stereocenters. The number of piperazine rings is 1. The van der Waals surface area contributed by atoms with Gasteiger partial charge in [0.15, 0.2) is 0 Å². The van der Waals surface area contributed by atoms with Gasteiger partial charge in [-0.15, -0.1) is 0 Å². The molecule has 2 aromatic heterocycles. The van der Waals surface area contributed by atoms with Gasteiger partial charge in [0.1, 0.15) is 5.82 Å². The third-order valence-corrected chi connectivity index (χ3v) is 4.00. The van der Waals surface area contributed by atoms with E-state index in [4.69, 9.17) is 0 Å². The van der Waals surface area contributed by atoms with Gasteiger partial charge >= 0.3 is 0 Å². The normalized spacial score (nSPS) is 19.4. The van der Waals surface area contributed by atoms with Crippen LogP contribution in [0.2, 0.25) is 0 Å². The molecule has 0 radical (unpaired) electrons. The molecule has 2 aromatic rings. The fourth-order valence-corrected chi connectivity index (χ4v) is 2.80. The molecule has 0 aromatic carbocycles. The number of aromatic nitrogens is 3. The Morgan fingerprint density at radius 1 is 1.36 bits per heavy atom. The Kier molecular flexibility index (Phi) is 3.81. The zero-order valence-electron chi connectivity index (χ0n) is 12.7. The number of hydrogen-bond acceptors (Lipinski definition) is 4. The van der Waals surface area contributed by atoms with E-state index in [1.165, 1.54) is 6.07 Å². The number of carbonyl (C=O) groups is 1. The van der Waals surface area contributed by atoms with Crippen molar-refractivity contribution in [2.45, 2.75) is 13.0 Å². The Hall–Kier alpha value is -2.41. The Bertz CT molecular complexity index is 722. The number of carbonyl (C=O) groups excluding carboxylic acids is 1. The zero-order valence-corrected chi connectivity index (χ0v) is 12.7. The van der Waals surface area contributed by atoms with Crippen molar-refractivity contribution in [1.82, 2.24) is 24.8 Å². The van der Waals surface area contributed by atoms with Crippen LogP contribution in [0.15, 0.2) is 29.3 Å². The molecule has 2 N–H and O–H groups in total. The SMILES string of the molecule is Cc1cc(C(=O)N2CCN(C)C(c3ncc[nH]3)C2)cc(=O)[nH]1. The Labute approximate surface area is 128 Å². The van der Waals surface area contributed by atoms with Crippen molar-refractivity contribution in [3.63, 3.8) is 0 Å². The smallest absolute Gasteiger partial charge is 0.254 e. The monoisotopic (exact) mass is 301 g/mol. The number of amides is 1. The second kappa shape index (κ2) is 5.76. The lowest BCUT2D eigenvalue weighted by molar-refractivity contribution is 0.0534. The maximum absolute atomic E-state index is 12.7. The summed E-state index contributed by atoms with van der Waals surface area (Å²) in [6.07, 6.45) is 3.49. The van der Waals surface area contributed by atoms with Gasteiger partial charge in [0.2, 0.25) is 5.56 Å². The molecule has 1 fully saturated rings. The minimum absolute atomic E-state index is 0.0378. The lowest BCUT2D eigenvalue weighted by Crippen LogP contribution is -2.49. The quantitative estimate of drug-likeness (QED) is 0.847. The molecule has 7 nitrogen and oxygen atoms in total. The standard InChI is InChI=1S/C15H19N5O2/c1-10-7-11(8-13(21)18-10)15(22)20-6-5-19(2)12(9-20)14-16-3-4-17-14/h3-4,7-8,12H,5-6,9H2,1-2H3,(H,16,17)(H,18,21). The second-order valence-corrected chi connectivity index (χ2v) is 5.64. The van der Waals surface area contributed by atoms with Crippen LogP contribution in [0.25, 0.3) is 0 Å². The molecular weight excluding hydrogens is 282 g/mol. The van der Waals surface area contributed by atoms with Crippen LogP contribution in [0, 0.1) is 6.92 Å². The topological polar surface area (TPSA) is 85.1 Å². The van der Waals surface area contributed by atoms with Crippen LogP contribution >= 0.6 is 0 Å². The van der Waals surface area contributed by atoms with E-state index in [2.05, 4.69) is 19.9 Å². The number of nitrogens with one attached hydrogen (secondary N) is 2. The highest BCUT2D eigenvalue weighted by Crippen LogP contribution is 2.22. The molecule has 1 amide bonds. The van der Waals surface area contributed by atoms with E-state index >= 15 is 0 Å². The molecule has 116 valence electrons. The first-order chi connectivity index (χ1) is 10.5. The van der Waals surface area contributed by atoms with E-state index in [0.717, 1.165) is 12.4 Å². The summed E-state index contributed by atoms with van der Waals surface area (Å²) in [6, 6.07) is 3.11. The highest BCUT2D eigenvalue weighted by molar-refractivity contribution is 5.94. The molecule has 3 rings (SSSR count). The second-order valence-electron chi connectivity index (χ2n) is 5.64. The molecule has 22 heavy (non-hydrogen) atoms. The maximum Gasteiger partial charge on any atom is 0.254 e. The van der Waals surface area contributed by atoms with Gasteiger partial charge in [-0.05, 0) is 20.0 Å². The molecule has 1 saturated heterocycles. The van der Waals surface area contributed by atoms with Crippen molar-refractivity contribution in [3.8, 4) is 0 Å². The van der Waals surface area contributed by atoms with Crippen molar-refractivity contribution in [3.05, 3.63) is 52.0 Å². The van der Waals surface area contributed by atoms with Crippen LogP contribution in [0.1, 0.15) is 27.9 Å². The Morgan fingerprint density at radius 3 is 2.86 bits per heavy atom. The van der Waals surface area contributed by atoms with Crippen molar-refractivity contribution in [2.75, 3.05) is 26.7 Å². The number of H-pyrrole nitrogens is 2. The molecular formula is C15H19N5O2. The predicted octanol–water partition coefficient (Wildman–Crippen LogP) is 0.535. The summed E-state index contributed by atoms with van der Waals surface area (Å²) >= 11 is 0. The third kappa shape index (κ3) is 2.80. The zero-order chi connectivity index (χ0) is 15.7. The molecule has 1 aliphatic heterocycles. The molecule has 7 heteroatoms. The number of likely N-dealkylation sites (N-methyl/N-ethyl adjacent to an activating group) is 1. The summed E-state index contributed by atoms with van der Waals surface area (Å²) in [6.45, 7) is 3.72. The molecule has 1 unspecified atom stereocenters. The number of nitrogens with zero attached hydrogens (tertiary/aromatic N) is 3. The summed E-state index contributed by atoms with van der Waals surface area (Å²) < 4.78 is 0. The molecule has 3 heterocycles. The highest BCUT2D eigenvalue weighted by atomic mass is 16.2. The minimum Gasteiger partial charge on any atom is -0.347 e. The van der Waals surface area contributed by atoms with Crippen molar-refractivity contribution in [1.29, 1.82) is 0 Å². The molecule has 0 saturated carbocycles. The summed E-state index contributed by atoms with van der Waals surface area (Å²) in [5, 5.41) is 0. The number of pyridine rings is 1. The average Bonchev–Trinajstić information content (AvgIpc) is 3.00. The van der Waals surface area contributed by atoms with Crippen LogP contribution < -0.4 is 5.56 Å². The van der Waals surface area contributed by atoms with Gasteiger partial charge in [-0.1, -0.05) is 0 Å². The van der Waals surface area contributed by atoms with Gasteiger partial charge in [-0.2, -0.15) is 0 Å². The fourth-order valence-electron chi connectivity index (χ4n) is 2.80.